The molecule has 4 heteroatoms. The van der Waals surface area contributed by atoms with Crippen molar-refractivity contribution in [1.29, 1.82) is 0 Å². The predicted octanol–water partition coefficient (Wildman–Crippen LogP) is 3.84. The zero-order chi connectivity index (χ0) is 20.8. The lowest BCUT2D eigenvalue weighted by Crippen LogP contribution is -2.44. The van der Waals surface area contributed by atoms with Crippen molar-refractivity contribution < 1.29 is 4.74 Å². The van der Waals surface area contributed by atoms with E-state index in [-0.39, 0.29) is 0 Å². The molecule has 0 N–H and O–H groups in total. The summed E-state index contributed by atoms with van der Waals surface area (Å²) in [4.78, 5) is 5.06. The lowest BCUT2D eigenvalue weighted by atomic mass is 10.0. The van der Waals surface area contributed by atoms with Gasteiger partial charge in [0.25, 0.3) is 0 Å². The smallest absolute Gasteiger partial charge is 0.0594 e. The minimum absolute atomic E-state index is 0.450. The van der Waals surface area contributed by atoms with Crippen molar-refractivity contribution in [3.8, 4) is 0 Å². The molecule has 1 saturated heterocycles. The maximum atomic E-state index is 5.49. The molecule has 4 rings (SSSR count). The number of morpholine rings is 1. The van der Waals surface area contributed by atoms with Crippen LogP contribution >= 0.6 is 7.92 Å². The highest BCUT2D eigenvalue weighted by atomic mass is 31.1. The van der Waals surface area contributed by atoms with Crippen LogP contribution in [0, 0.1) is 5.92 Å². The maximum absolute atomic E-state index is 5.49. The number of likely N-dealkylation sites (N-methyl/N-ethyl adjacent to an activating group) is 1. The third-order valence-electron chi connectivity index (χ3n) is 6.30. The van der Waals surface area contributed by atoms with Crippen LogP contribution in [-0.2, 0) is 4.74 Å². The molecular formula is C26H33N2OP. The van der Waals surface area contributed by atoms with Gasteiger partial charge in [0.2, 0.25) is 0 Å². The standard InChI is InChI=1S/C26H33N2OP/c1-22(27(2)16-17-28-18-20-29-21-19-28)25-14-9-15-26(25)30(23-10-5-3-6-11-23)24-12-7-4-8-13-24/h3-15,22,25H,16-21H2,1-2H3/t22-,25?/m1/s1. The molecule has 0 amide bonds. The first-order valence-electron chi connectivity index (χ1n) is 11.0. The van der Waals surface area contributed by atoms with E-state index in [1.807, 2.05) is 0 Å². The van der Waals surface area contributed by atoms with Crippen LogP contribution in [0.15, 0.2) is 84.2 Å². The first kappa shape index (κ1) is 21.5. The second-order valence-corrected chi connectivity index (χ2v) is 10.4. The summed E-state index contributed by atoms with van der Waals surface area (Å²) in [6.07, 6.45) is 7.06. The van der Waals surface area contributed by atoms with E-state index in [0.29, 0.717) is 12.0 Å². The van der Waals surface area contributed by atoms with Gasteiger partial charge < -0.3 is 9.64 Å². The van der Waals surface area contributed by atoms with E-state index in [1.54, 1.807) is 5.31 Å². The van der Waals surface area contributed by atoms with E-state index in [4.69, 9.17) is 4.74 Å². The largest absolute Gasteiger partial charge is 0.379 e. The van der Waals surface area contributed by atoms with E-state index in [1.165, 1.54) is 10.6 Å². The molecule has 0 spiro atoms. The van der Waals surface area contributed by atoms with Gasteiger partial charge in [0, 0.05) is 38.1 Å². The Hall–Kier alpha value is -1.77. The molecule has 2 aliphatic rings. The molecule has 1 aliphatic carbocycles. The number of rotatable bonds is 8. The summed E-state index contributed by atoms with van der Waals surface area (Å²) in [5.41, 5.74) is 0. The molecule has 3 nitrogen and oxygen atoms in total. The summed E-state index contributed by atoms with van der Waals surface area (Å²) >= 11 is 0. The Bertz CT molecular complexity index is 806. The summed E-state index contributed by atoms with van der Waals surface area (Å²) in [5.74, 6) is 0.450. The van der Waals surface area contributed by atoms with Gasteiger partial charge in [0.15, 0.2) is 0 Å². The fraction of sp³-hybridized carbons (Fsp3) is 0.385. The minimum atomic E-state index is -0.525. The molecule has 2 atom stereocenters. The van der Waals surface area contributed by atoms with Gasteiger partial charge in [-0.05, 0) is 37.8 Å². The van der Waals surface area contributed by atoms with Crippen LogP contribution < -0.4 is 10.6 Å². The van der Waals surface area contributed by atoms with Crippen molar-refractivity contribution in [3.05, 3.63) is 84.2 Å². The van der Waals surface area contributed by atoms with E-state index in [2.05, 4.69) is 103 Å². The molecule has 1 unspecified atom stereocenters. The number of nitrogens with zero attached hydrogens (tertiary/aromatic N) is 2. The topological polar surface area (TPSA) is 15.7 Å². The van der Waals surface area contributed by atoms with Crippen LogP contribution in [0.2, 0.25) is 0 Å². The normalized spacial score (nSPS) is 20.7. The molecule has 0 bridgehead atoms. The molecule has 0 aromatic heterocycles. The predicted molar refractivity (Wildman–Crippen MR) is 129 cm³/mol. The van der Waals surface area contributed by atoms with Gasteiger partial charge in [-0.25, -0.2) is 0 Å². The van der Waals surface area contributed by atoms with Crippen LogP contribution in [0.5, 0.6) is 0 Å². The number of allylic oxidation sites excluding steroid dienone is 2. The van der Waals surface area contributed by atoms with Crippen molar-refractivity contribution in [3.63, 3.8) is 0 Å². The van der Waals surface area contributed by atoms with E-state index in [0.717, 1.165) is 39.4 Å². The van der Waals surface area contributed by atoms with E-state index < -0.39 is 7.92 Å². The van der Waals surface area contributed by atoms with E-state index in [9.17, 15) is 0 Å². The third kappa shape index (κ3) is 5.10. The van der Waals surface area contributed by atoms with Crippen molar-refractivity contribution in [2.75, 3.05) is 46.4 Å². The average molecular weight is 421 g/mol. The first-order chi connectivity index (χ1) is 14.7. The Morgan fingerprint density at radius 1 is 1.00 bits per heavy atom. The molecule has 30 heavy (non-hydrogen) atoms. The summed E-state index contributed by atoms with van der Waals surface area (Å²) in [6.45, 7) is 8.45. The van der Waals surface area contributed by atoms with Gasteiger partial charge in [0.1, 0.15) is 0 Å². The summed E-state index contributed by atoms with van der Waals surface area (Å²) < 4.78 is 5.49. The number of ether oxygens (including phenoxy) is 1. The summed E-state index contributed by atoms with van der Waals surface area (Å²) in [6, 6.07) is 22.5. The molecule has 158 valence electrons. The lowest BCUT2D eigenvalue weighted by molar-refractivity contribution is 0.0324. The Morgan fingerprint density at radius 2 is 1.60 bits per heavy atom. The Labute approximate surface area is 182 Å². The molecular weight excluding hydrogens is 387 g/mol. The van der Waals surface area contributed by atoms with Crippen LogP contribution in [0.4, 0.5) is 0 Å². The van der Waals surface area contributed by atoms with Crippen molar-refractivity contribution >= 4 is 18.5 Å². The zero-order valence-corrected chi connectivity index (χ0v) is 19.0. The van der Waals surface area contributed by atoms with Crippen molar-refractivity contribution in [2.24, 2.45) is 5.92 Å². The number of benzene rings is 2. The summed E-state index contributed by atoms with van der Waals surface area (Å²) in [7, 11) is 1.76. The SMILES string of the molecule is C[C@H](C1C=CC=C1P(c1ccccc1)c1ccccc1)N(C)CCN1CCOCC1. The molecule has 0 saturated carbocycles. The fourth-order valence-corrected chi connectivity index (χ4v) is 6.99. The monoisotopic (exact) mass is 420 g/mol. The zero-order valence-electron chi connectivity index (χ0n) is 18.2. The first-order valence-corrected chi connectivity index (χ1v) is 12.4. The van der Waals surface area contributed by atoms with Crippen LogP contribution in [0.1, 0.15) is 6.92 Å². The third-order valence-corrected chi connectivity index (χ3v) is 8.89. The minimum Gasteiger partial charge on any atom is -0.379 e. The Kier molecular flexibility index (Phi) is 7.52. The molecule has 2 aromatic carbocycles. The highest BCUT2D eigenvalue weighted by Crippen LogP contribution is 2.50. The van der Waals surface area contributed by atoms with Gasteiger partial charge in [0.05, 0.1) is 13.2 Å². The van der Waals surface area contributed by atoms with Crippen LogP contribution in [-0.4, -0.2) is 62.3 Å². The number of hydrogen-bond donors (Lipinski definition) is 0. The van der Waals surface area contributed by atoms with Crippen LogP contribution in [0.3, 0.4) is 0 Å². The Balaban J connectivity index is 1.50. The van der Waals surface area contributed by atoms with Crippen molar-refractivity contribution in [2.45, 2.75) is 13.0 Å². The average Bonchev–Trinajstić information content (AvgIpc) is 3.28. The quantitative estimate of drug-likeness (QED) is 0.604. The molecule has 0 radical (unpaired) electrons. The van der Waals surface area contributed by atoms with Gasteiger partial charge in [-0.1, -0.05) is 78.9 Å². The van der Waals surface area contributed by atoms with Crippen LogP contribution in [0.25, 0.3) is 0 Å². The number of hydrogen-bond acceptors (Lipinski definition) is 3. The molecule has 1 fully saturated rings. The molecule has 1 heterocycles. The van der Waals surface area contributed by atoms with E-state index >= 15 is 0 Å². The van der Waals surface area contributed by atoms with Crippen molar-refractivity contribution in [1.82, 2.24) is 9.80 Å². The molecule has 1 aliphatic heterocycles. The fourth-order valence-electron chi connectivity index (χ4n) is 4.32. The lowest BCUT2D eigenvalue weighted by Gasteiger charge is -2.35. The second-order valence-electron chi connectivity index (χ2n) is 8.18. The summed E-state index contributed by atoms with van der Waals surface area (Å²) in [5, 5.41) is 4.43. The van der Waals surface area contributed by atoms with Gasteiger partial charge in [-0.15, -0.1) is 0 Å². The van der Waals surface area contributed by atoms with Gasteiger partial charge >= 0.3 is 0 Å². The Morgan fingerprint density at radius 3 is 2.20 bits per heavy atom. The van der Waals surface area contributed by atoms with Gasteiger partial charge in [-0.3, -0.25) is 4.90 Å². The second kappa shape index (κ2) is 10.5. The highest BCUT2D eigenvalue weighted by Gasteiger charge is 2.31. The maximum Gasteiger partial charge on any atom is 0.0594 e. The van der Waals surface area contributed by atoms with Gasteiger partial charge in [-0.2, -0.15) is 0 Å². The highest BCUT2D eigenvalue weighted by molar-refractivity contribution is 7.76. The molecule has 2 aromatic rings.